The van der Waals surface area contributed by atoms with E-state index in [1.165, 1.54) is 11.1 Å². The van der Waals surface area contributed by atoms with Crippen LogP contribution in [0.4, 0.5) is 0 Å². The van der Waals surface area contributed by atoms with Crippen molar-refractivity contribution in [2.24, 2.45) is 7.05 Å². The molecule has 0 saturated heterocycles. The maximum Gasteiger partial charge on any atom is 0.0521 e. The minimum absolute atomic E-state index is 0.510. The van der Waals surface area contributed by atoms with Crippen LogP contribution in [0.15, 0.2) is 42.7 Å². The molecule has 1 atom stereocenters. The summed E-state index contributed by atoms with van der Waals surface area (Å²) < 4.78 is 1.87. The molecule has 1 heterocycles. The summed E-state index contributed by atoms with van der Waals surface area (Å²) in [6.45, 7) is 4.16. The monoisotopic (exact) mass is 243 g/mol. The van der Waals surface area contributed by atoms with Crippen molar-refractivity contribution in [3.63, 3.8) is 0 Å². The molecule has 0 amide bonds. The maximum atomic E-state index is 4.24. The first kappa shape index (κ1) is 12.8. The molecule has 1 N–H and O–H groups in total. The Morgan fingerprint density at radius 3 is 2.67 bits per heavy atom. The van der Waals surface area contributed by atoms with E-state index in [-0.39, 0.29) is 0 Å². The summed E-state index contributed by atoms with van der Waals surface area (Å²) in [6, 6.07) is 10.7. The Morgan fingerprint density at radius 1 is 1.28 bits per heavy atom. The molecule has 0 aliphatic heterocycles. The Labute approximate surface area is 109 Å². The number of hydrogen-bond donors (Lipinski definition) is 1. The lowest BCUT2D eigenvalue weighted by Crippen LogP contribution is -2.22. The van der Waals surface area contributed by atoms with Crippen LogP contribution in [0.2, 0.25) is 0 Å². The second-order valence-electron chi connectivity index (χ2n) is 4.64. The van der Waals surface area contributed by atoms with Gasteiger partial charge in [-0.15, -0.1) is 0 Å². The van der Waals surface area contributed by atoms with Crippen molar-refractivity contribution in [1.29, 1.82) is 0 Å². The van der Waals surface area contributed by atoms with Gasteiger partial charge in [-0.3, -0.25) is 4.68 Å². The van der Waals surface area contributed by atoms with E-state index in [1.807, 2.05) is 17.9 Å². The van der Waals surface area contributed by atoms with Crippen molar-refractivity contribution in [2.75, 3.05) is 13.1 Å². The van der Waals surface area contributed by atoms with Gasteiger partial charge in [0, 0.05) is 25.7 Å². The molecule has 0 radical (unpaired) electrons. The van der Waals surface area contributed by atoms with Crippen molar-refractivity contribution >= 4 is 0 Å². The van der Waals surface area contributed by atoms with Gasteiger partial charge in [0.1, 0.15) is 0 Å². The fourth-order valence-electron chi connectivity index (χ4n) is 2.21. The van der Waals surface area contributed by atoms with Crippen LogP contribution in [0.1, 0.15) is 24.0 Å². The highest BCUT2D eigenvalue weighted by Gasteiger charge is 2.12. The summed E-state index contributed by atoms with van der Waals surface area (Å²) in [7, 11) is 1.96. The molecule has 2 rings (SSSR count). The first-order valence-corrected chi connectivity index (χ1v) is 6.52. The van der Waals surface area contributed by atoms with Crippen LogP contribution < -0.4 is 5.32 Å². The minimum Gasteiger partial charge on any atom is -0.316 e. The molecule has 1 aromatic heterocycles. The fraction of sp³-hybridized carbons (Fsp3) is 0.400. The number of rotatable bonds is 6. The van der Waals surface area contributed by atoms with Crippen molar-refractivity contribution in [3.8, 4) is 0 Å². The molecule has 0 aliphatic carbocycles. The lowest BCUT2D eigenvalue weighted by Gasteiger charge is -2.17. The summed E-state index contributed by atoms with van der Waals surface area (Å²) in [5.41, 5.74) is 2.69. The topological polar surface area (TPSA) is 29.9 Å². The van der Waals surface area contributed by atoms with Crippen LogP contribution >= 0.6 is 0 Å². The van der Waals surface area contributed by atoms with Gasteiger partial charge in [-0.05, 0) is 24.1 Å². The predicted molar refractivity (Wildman–Crippen MR) is 74.6 cm³/mol. The average Bonchev–Trinajstić information content (AvgIpc) is 2.81. The third-order valence-corrected chi connectivity index (χ3v) is 3.15. The number of nitrogens with one attached hydrogen (secondary N) is 1. The molecule has 0 spiro atoms. The summed E-state index contributed by atoms with van der Waals surface area (Å²) >= 11 is 0. The van der Waals surface area contributed by atoms with Gasteiger partial charge in [-0.25, -0.2) is 0 Å². The molecule has 3 nitrogen and oxygen atoms in total. The SMILES string of the molecule is CCNCC(Cc1cnn(C)c1)c1ccccc1. The third kappa shape index (κ3) is 3.44. The van der Waals surface area contributed by atoms with Crippen LogP contribution in [-0.4, -0.2) is 22.9 Å². The van der Waals surface area contributed by atoms with Gasteiger partial charge in [0.15, 0.2) is 0 Å². The minimum atomic E-state index is 0.510. The molecule has 2 aromatic rings. The number of nitrogens with zero attached hydrogens (tertiary/aromatic N) is 2. The largest absolute Gasteiger partial charge is 0.316 e. The lowest BCUT2D eigenvalue weighted by molar-refractivity contribution is 0.594. The summed E-state index contributed by atoms with van der Waals surface area (Å²) in [5.74, 6) is 0.510. The lowest BCUT2D eigenvalue weighted by atomic mass is 9.93. The Morgan fingerprint density at radius 2 is 2.06 bits per heavy atom. The summed E-state index contributed by atoms with van der Waals surface area (Å²) in [5, 5.41) is 7.69. The Balaban J connectivity index is 2.10. The van der Waals surface area contributed by atoms with Gasteiger partial charge in [0.05, 0.1) is 6.20 Å². The van der Waals surface area contributed by atoms with Crippen LogP contribution in [0, 0.1) is 0 Å². The molecule has 18 heavy (non-hydrogen) atoms. The van der Waals surface area contributed by atoms with E-state index in [9.17, 15) is 0 Å². The van der Waals surface area contributed by atoms with Gasteiger partial charge < -0.3 is 5.32 Å². The highest BCUT2D eigenvalue weighted by molar-refractivity contribution is 5.22. The van der Waals surface area contributed by atoms with Crippen LogP contribution in [0.25, 0.3) is 0 Å². The second kappa shape index (κ2) is 6.36. The molecule has 0 bridgehead atoms. The average molecular weight is 243 g/mol. The molecule has 0 fully saturated rings. The van der Waals surface area contributed by atoms with E-state index in [2.05, 4.69) is 53.9 Å². The van der Waals surface area contributed by atoms with E-state index in [0.717, 1.165) is 19.5 Å². The van der Waals surface area contributed by atoms with Crippen LogP contribution in [0.5, 0.6) is 0 Å². The molecule has 3 heteroatoms. The molecule has 0 aliphatic rings. The standard InChI is InChI=1S/C15H21N3/c1-3-16-11-15(14-7-5-4-6-8-14)9-13-10-17-18(2)12-13/h4-8,10,12,15-16H,3,9,11H2,1-2H3. The number of benzene rings is 1. The number of likely N-dealkylation sites (N-methyl/N-ethyl adjacent to an activating group) is 1. The molecule has 1 aromatic carbocycles. The van der Waals surface area contributed by atoms with Crippen LogP contribution in [-0.2, 0) is 13.5 Å². The molecule has 1 unspecified atom stereocenters. The van der Waals surface area contributed by atoms with Crippen molar-refractivity contribution in [2.45, 2.75) is 19.3 Å². The van der Waals surface area contributed by atoms with E-state index >= 15 is 0 Å². The van der Waals surface area contributed by atoms with Crippen molar-refractivity contribution in [1.82, 2.24) is 15.1 Å². The zero-order valence-corrected chi connectivity index (χ0v) is 11.1. The fourth-order valence-corrected chi connectivity index (χ4v) is 2.21. The zero-order chi connectivity index (χ0) is 12.8. The second-order valence-corrected chi connectivity index (χ2v) is 4.64. The Bertz CT molecular complexity index is 462. The van der Waals surface area contributed by atoms with Gasteiger partial charge in [0.25, 0.3) is 0 Å². The van der Waals surface area contributed by atoms with Gasteiger partial charge in [-0.1, -0.05) is 37.3 Å². The summed E-state index contributed by atoms with van der Waals surface area (Å²) in [6.07, 6.45) is 5.09. The van der Waals surface area contributed by atoms with Gasteiger partial charge >= 0.3 is 0 Å². The summed E-state index contributed by atoms with van der Waals surface area (Å²) in [4.78, 5) is 0. The predicted octanol–water partition coefficient (Wildman–Crippen LogP) is 2.36. The van der Waals surface area contributed by atoms with Gasteiger partial charge in [0.2, 0.25) is 0 Å². The molecule has 96 valence electrons. The Kier molecular flexibility index (Phi) is 4.53. The van der Waals surface area contributed by atoms with E-state index < -0.39 is 0 Å². The normalized spacial score (nSPS) is 12.6. The van der Waals surface area contributed by atoms with Crippen molar-refractivity contribution < 1.29 is 0 Å². The van der Waals surface area contributed by atoms with E-state index in [0.29, 0.717) is 5.92 Å². The maximum absolute atomic E-state index is 4.24. The highest BCUT2D eigenvalue weighted by atomic mass is 15.2. The van der Waals surface area contributed by atoms with Crippen molar-refractivity contribution in [3.05, 3.63) is 53.9 Å². The molecular weight excluding hydrogens is 222 g/mol. The number of aryl methyl sites for hydroxylation is 1. The number of hydrogen-bond acceptors (Lipinski definition) is 2. The Hall–Kier alpha value is -1.61. The van der Waals surface area contributed by atoms with E-state index in [1.54, 1.807) is 0 Å². The molecular formula is C15H21N3. The zero-order valence-electron chi connectivity index (χ0n) is 11.1. The smallest absolute Gasteiger partial charge is 0.0521 e. The van der Waals surface area contributed by atoms with Crippen LogP contribution in [0.3, 0.4) is 0 Å². The first-order chi connectivity index (χ1) is 8.79. The van der Waals surface area contributed by atoms with Gasteiger partial charge in [-0.2, -0.15) is 5.10 Å². The number of aromatic nitrogens is 2. The first-order valence-electron chi connectivity index (χ1n) is 6.52. The molecule has 0 saturated carbocycles. The van der Waals surface area contributed by atoms with E-state index in [4.69, 9.17) is 0 Å². The quantitative estimate of drug-likeness (QED) is 0.844. The highest BCUT2D eigenvalue weighted by Crippen LogP contribution is 2.19. The third-order valence-electron chi connectivity index (χ3n) is 3.15.